The summed E-state index contributed by atoms with van der Waals surface area (Å²) in [5.74, 6) is 0.0371. The molecule has 18 heavy (non-hydrogen) atoms. The molecule has 0 radical (unpaired) electrons. The second-order valence-corrected chi connectivity index (χ2v) is 3.75. The molecule has 7 heteroatoms. The van der Waals surface area contributed by atoms with Gasteiger partial charge < -0.3 is 22.9 Å². The summed E-state index contributed by atoms with van der Waals surface area (Å²) in [7, 11) is -4.38. The standard InChI is InChI=1S/C11H8BF2N2O2/c13-12(14)17-10(8-3-1-5-15-8)7-11(18-12)9-4-2-6-16-9/h1-7,15H/q-1/b11-9+. The molecule has 0 atom stereocenters. The van der Waals surface area contributed by atoms with Crippen LogP contribution in [0.1, 0.15) is 5.69 Å². The molecule has 0 spiro atoms. The van der Waals surface area contributed by atoms with Crippen molar-refractivity contribution in [3.63, 3.8) is 0 Å². The molecular formula is C11H8BF2N2O2-. The Morgan fingerprint density at radius 3 is 2.83 bits per heavy atom. The van der Waals surface area contributed by atoms with Gasteiger partial charge in [0.05, 0.1) is 5.69 Å². The van der Waals surface area contributed by atoms with Crippen LogP contribution in [0.25, 0.3) is 5.76 Å². The van der Waals surface area contributed by atoms with Gasteiger partial charge in [-0.05, 0) is 24.3 Å². The molecule has 4 nitrogen and oxygen atoms in total. The molecule has 0 amide bonds. The Bertz CT molecular complexity index is 574. The molecule has 0 fully saturated rings. The summed E-state index contributed by atoms with van der Waals surface area (Å²) in [6, 6.07) is 3.33. The normalized spacial score (nSPS) is 24.7. The highest BCUT2D eigenvalue weighted by atomic mass is 19.3. The minimum atomic E-state index is -4.38. The Morgan fingerprint density at radius 2 is 2.17 bits per heavy atom. The first-order valence-corrected chi connectivity index (χ1v) is 5.32. The van der Waals surface area contributed by atoms with E-state index >= 15 is 0 Å². The molecule has 3 heterocycles. The van der Waals surface area contributed by atoms with Crippen molar-refractivity contribution < 1.29 is 17.9 Å². The van der Waals surface area contributed by atoms with Gasteiger partial charge in [0.15, 0.2) is 0 Å². The van der Waals surface area contributed by atoms with E-state index in [0.29, 0.717) is 11.4 Å². The zero-order valence-corrected chi connectivity index (χ0v) is 9.14. The smallest absolute Gasteiger partial charge is 0.626 e. The van der Waals surface area contributed by atoms with E-state index in [1.807, 2.05) is 0 Å². The summed E-state index contributed by atoms with van der Waals surface area (Å²) < 4.78 is 35.9. The van der Waals surface area contributed by atoms with Crippen LogP contribution in [0.4, 0.5) is 8.63 Å². The molecule has 0 aliphatic carbocycles. The second kappa shape index (κ2) is 3.87. The van der Waals surface area contributed by atoms with Crippen molar-refractivity contribution in [1.82, 2.24) is 4.98 Å². The van der Waals surface area contributed by atoms with Gasteiger partial charge in [0.1, 0.15) is 17.2 Å². The lowest BCUT2D eigenvalue weighted by atomic mass is 10.1. The molecule has 0 saturated heterocycles. The number of aromatic amines is 1. The van der Waals surface area contributed by atoms with Crippen LogP contribution >= 0.6 is 0 Å². The largest absolute Gasteiger partial charge is 0.726 e. The average molecular weight is 249 g/mol. The van der Waals surface area contributed by atoms with E-state index in [-0.39, 0.29) is 11.5 Å². The van der Waals surface area contributed by atoms with E-state index in [0.717, 1.165) is 0 Å². The lowest BCUT2D eigenvalue weighted by Crippen LogP contribution is -2.34. The maximum Gasteiger partial charge on any atom is 0.726 e. The highest BCUT2D eigenvalue weighted by Gasteiger charge is 2.38. The number of nitrogens with one attached hydrogen (secondary N) is 1. The zero-order valence-electron chi connectivity index (χ0n) is 9.14. The summed E-state index contributed by atoms with van der Waals surface area (Å²) in [5, 5.41) is 0. The van der Waals surface area contributed by atoms with Gasteiger partial charge in [-0.1, -0.05) is 0 Å². The molecule has 92 valence electrons. The van der Waals surface area contributed by atoms with E-state index in [1.165, 1.54) is 12.3 Å². The predicted octanol–water partition coefficient (Wildman–Crippen LogP) is 2.63. The molecule has 0 saturated carbocycles. The number of nitrogens with zero attached hydrogens (tertiary/aromatic N) is 1. The third-order valence-electron chi connectivity index (χ3n) is 2.46. The maximum absolute atomic E-state index is 13.4. The first-order valence-electron chi connectivity index (χ1n) is 5.32. The lowest BCUT2D eigenvalue weighted by molar-refractivity contribution is 0.171. The molecule has 0 bridgehead atoms. The van der Waals surface area contributed by atoms with Crippen molar-refractivity contribution >= 4 is 19.1 Å². The number of aliphatic imine (C=N–C) groups is 1. The van der Waals surface area contributed by atoms with Crippen LogP contribution in [0.3, 0.4) is 0 Å². The van der Waals surface area contributed by atoms with E-state index in [2.05, 4.69) is 19.3 Å². The fourth-order valence-electron chi connectivity index (χ4n) is 1.71. The van der Waals surface area contributed by atoms with Gasteiger partial charge in [0.2, 0.25) is 0 Å². The van der Waals surface area contributed by atoms with Crippen LogP contribution in [-0.4, -0.2) is 18.3 Å². The Balaban J connectivity index is 2.06. The zero-order chi connectivity index (χ0) is 12.6. The summed E-state index contributed by atoms with van der Waals surface area (Å²) >= 11 is 0. The van der Waals surface area contributed by atoms with Crippen LogP contribution in [0.15, 0.2) is 53.0 Å². The molecule has 0 aromatic carbocycles. The number of H-pyrrole nitrogens is 1. The van der Waals surface area contributed by atoms with E-state index in [1.54, 1.807) is 30.5 Å². The van der Waals surface area contributed by atoms with Crippen molar-refractivity contribution in [3.8, 4) is 0 Å². The second-order valence-electron chi connectivity index (χ2n) is 3.75. The molecule has 2 aliphatic heterocycles. The van der Waals surface area contributed by atoms with Crippen LogP contribution in [-0.2, 0) is 9.31 Å². The third-order valence-corrected chi connectivity index (χ3v) is 2.46. The van der Waals surface area contributed by atoms with Crippen molar-refractivity contribution in [1.29, 1.82) is 0 Å². The number of aromatic nitrogens is 1. The van der Waals surface area contributed by atoms with Crippen molar-refractivity contribution in [2.75, 3.05) is 0 Å². The van der Waals surface area contributed by atoms with E-state index in [9.17, 15) is 8.63 Å². The van der Waals surface area contributed by atoms with Gasteiger partial charge in [-0.2, -0.15) is 0 Å². The molecular weight excluding hydrogens is 241 g/mol. The maximum atomic E-state index is 13.4. The first kappa shape index (κ1) is 10.8. The summed E-state index contributed by atoms with van der Waals surface area (Å²) in [4.78, 5) is 6.73. The highest BCUT2D eigenvalue weighted by Crippen LogP contribution is 2.33. The van der Waals surface area contributed by atoms with Crippen LogP contribution in [0.5, 0.6) is 0 Å². The fourth-order valence-corrected chi connectivity index (χ4v) is 1.71. The predicted molar refractivity (Wildman–Crippen MR) is 63.6 cm³/mol. The first-order chi connectivity index (χ1) is 8.64. The molecule has 2 aliphatic rings. The van der Waals surface area contributed by atoms with Gasteiger partial charge >= 0.3 is 7.11 Å². The van der Waals surface area contributed by atoms with Crippen molar-refractivity contribution in [3.05, 3.63) is 53.7 Å². The Hall–Kier alpha value is -2.31. The Labute approximate surface area is 101 Å². The number of allylic oxidation sites excluding steroid dienone is 3. The SMILES string of the molecule is F[B-]1(F)OC(c2ccc[nH]2)=C/C(=C2/C=CC=N2)O1. The number of rotatable bonds is 1. The topological polar surface area (TPSA) is 46.6 Å². The Kier molecular flexibility index (Phi) is 2.33. The van der Waals surface area contributed by atoms with Crippen molar-refractivity contribution in [2.45, 2.75) is 0 Å². The van der Waals surface area contributed by atoms with Gasteiger partial charge in [-0.3, -0.25) is 4.99 Å². The molecule has 1 aromatic rings. The Morgan fingerprint density at radius 1 is 1.28 bits per heavy atom. The fraction of sp³-hybridized carbons (Fsp3) is 0. The summed E-state index contributed by atoms with van der Waals surface area (Å²) in [5.41, 5.74) is 0.813. The van der Waals surface area contributed by atoms with E-state index < -0.39 is 7.11 Å². The molecule has 1 aromatic heterocycles. The minimum Gasteiger partial charge on any atom is -0.626 e. The monoisotopic (exact) mass is 249 g/mol. The number of halogens is 2. The van der Waals surface area contributed by atoms with Crippen LogP contribution in [0.2, 0.25) is 0 Å². The van der Waals surface area contributed by atoms with Gasteiger partial charge in [0, 0.05) is 18.5 Å². The third kappa shape index (κ3) is 1.94. The summed E-state index contributed by atoms with van der Waals surface area (Å²) in [6.07, 6.45) is 7.77. The lowest BCUT2D eigenvalue weighted by Gasteiger charge is -2.34. The summed E-state index contributed by atoms with van der Waals surface area (Å²) in [6.45, 7) is 0. The molecule has 1 N–H and O–H groups in total. The van der Waals surface area contributed by atoms with E-state index in [4.69, 9.17) is 0 Å². The van der Waals surface area contributed by atoms with Gasteiger partial charge in [0.25, 0.3) is 0 Å². The van der Waals surface area contributed by atoms with Crippen LogP contribution < -0.4 is 0 Å². The van der Waals surface area contributed by atoms with Gasteiger partial charge in [-0.25, -0.2) is 0 Å². The van der Waals surface area contributed by atoms with Crippen molar-refractivity contribution in [2.24, 2.45) is 4.99 Å². The minimum absolute atomic E-state index is 0.000787. The quantitative estimate of drug-likeness (QED) is 0.777. The van der Waals surface area contributed by atoms with Gasteiger partial charge in [-0.15, -0.1) is 0 Å². The van der Waals surface area contributed by atoms with Crippen LogP contribution in [0, 0.1) is 0 Å². The number of hydrogen-bond acceptors (Lipinski definition) is 3. The highest BCUT2D eigenvalue weighted by molar-refractivity contribution is 6.53. The molecule has 0 unspecified atom stereocenters. The molecule has 3 rings (SSSR count). The average Bonchev–Trinajstić information content (AvgIpc) is 3.01. The number of hydrogen-bond donors (Lipinski definition) is 1.